The Hall–Kier alpha value is -2.97. The van der Waals surface area contributed by atoms with Crippen LogP contribution in [0.1, 0.15) is 12.0 Å². The molecule has 0 saturated heterocycles. The van der Waals surface area contributed by atoms with Gasteiger partial charge in [-0.2, -0.15) is 4.68 Å². The molecule has 2 N–H and O–H groups in total. The molecule has 0 atom stereocenters. The summed E-state index contributed by atoms with van der Waals surface area (Å²) in [6.45, 7) is 2.72. The number of hydrogen-bond donors (Lipinski definition) is 2. The van der Waals surface area contributed by atoms with Gasteiger partial charge in [-0.25, -0.2) is 0 Å². The summed E-state index contributed by atoms with van der Waals surface area (Å²) in [5.41, 5.74) is 1.94. The third-order valence-corrected chi connectivity index (χ3v) is 3.98. The molecular weight excluding hydrogens is 344 g/mol. The van der Waals surface area contributed by atoms with Crippen LogP contribution in [0.3, 0.4) is 0 Å². The number of ether oxygens (including phenoxy) is 2. The maximum atomic E-state index is 5.91. The molecule has 0 amide bonds. The number of rotatable bonds is 10. The van der Waals surface area contributed by atoms with Crippen molar-refractivity contribution in [1.82, 2.24) is 30.8 Å². The highest BCUT2D eigenvalue weighted by atomic mass is 16.5. The fourth-order valence-corrected chi connectivity index (χ4v) is 2.60. The summed E-state index contributed by atoms with van der Waals surface area (Å²) >= 11 is 0. The number of methoxy groups -OCH3 is 1. The molecule has 2 aromatic carbocycles. The minimum Gasteiger partial charge on any atom is -0.493 e. The SMILES string of the molecule is CNCCCNCc1ccc(Oc2nnnn2-c2ccccc2)c(OC)c1. The van der Waals surface area contributed by atoms with Gasteiger partial charge in [-0.1, -0.05) is 29.4 Å². The largest absolute Gasteiger partial charge is 0.493 e. The average molecular weight is 368 g/mol. The Kier molecular flexibility index (Phi) is 6.72. The van der Waals surface area contributed by atoms with E-state index in [0.717, 1.165) is 37.3 Å². The van der Waals surface area contributed by atoms with Crippen molar-refractivity contribution in [1.29, 1.82) is 0 Å². The van der Waals surface area contributed by atoms with Crippen molar-refractivity contribution in [2.75, 3.05) is 27.2 Å². The van der Waals surface area contributed by atoms with E-state index in [0.29, 0.717) is 11.5 Å². The first-order chi connectivity index (χ1) is 13.3. The van der Waals surface area contributed by atoms with E-state index in [1.807, 2.05) is 55.6 Å². The van der Waals surface area contributed by atoms with Crippen molar-refractivity contribution in [3.8, 4) is 23.2 Å². The molecule has 8 heteroatoms. The summed E-state index contributed by atoms with van der Waals surface area (Å²) in [6, 6.07) is 15.7. The minimum atomic E-state index is 0.275. The van der Waals surface area contributed by atoms with Crippen LogP contribution in [0.25, 0.3) is 5.69 Å². The first-order valence-electron chi connectivity index (χ1n) is 8.85. The molecule has 1 heterocycles. The highest BCUT2D eigenvalue weighted by molar-refractivity contribution is 5.44. The normalized spacial score (nSPS) is 10.7. The molecule has 0 bridgehead atoms. The summed E-state index contributed by atoms with van der Waals surface area (Å²) in [5, 5.41) is 18.2. The lowest BCUT2D eigenvalue weighted by Crippen LogP contribution is -2.19. The molecule has 0 aliphatic heterocycles. The van der Waals surface area contributed by atoms with Gasteiger partial charge in [0.05, 0.1) is 12.8 Å². The molecule has 0 radical (unpaired) electrons. The van der Waals surface area contributed by atoms with Crippen molar-refractivity contribution in [3.05, 3.63) is 54.1 Å². The average Bonchev–Trinajstić information content (AvgIpc) is 3.17. The van der Waals surface area contributed by atoms with Crippen LogP contribution in [-0.4, -0.2) is 47.5 Å². The standard InChI is InChI=1S/C19H24N6O2/c1-20-11-6-12-21-14-15-9-10-17(18(13-15)26-2)27-19-22-23-24-25(19)16-7-4-3-5-8-16/h3-5,7-10,13,20-21H,6,11-12,14H2,1-2H3. The second kappa shape index (κ2) is 9.65. The lowest BCUT2D eigenvalue weighted by atomic mass is 10.2. The number of aromatic nitrogens is 4. The molecule has 0 unspecified atom stereocenters. The fraction of sp³-hybridized carbons (Fsp3) is 0.316. The topological polar surface area (TPSA) is 86.1 Å². The smallest absolute Gasteiger partial charge is 0.346 e. The molecule has 27 heavy (non-hydrogen) atoms. The lowest BCUT2D eigenvalue weighted by molar-refractivity contribution is 0.362. The van der Waals surface area contributed by atoms with E-state index >= 15 is 0 Å². The maximum absolute atomic E-state index is 5.91. The van der Waals surface area contributed by atoms with Crippen molar-refractivity contribution >= 4 is 0 Å². The summed E-state index contributed by atoms with van der Waals surface area (Å²) in [7, 11) is 3.57. The van der Waals surface area contributed by atoms with Crippen molar-refractivity contribution in [2.45, 2.75) is 13.0 Å². The van der Waals surface area contributed by atoms with Crippen LogP contribution >= 0.6 is 0 Å². The Morgan fingerprint density at radius 2 is 1.89 bits per heavy atom. The van der Waals surface area contributed by atoms with E-state index in [1.54, 1.807) is 7.11 Å². The zero-order chi connectivity index (χ0) is 18.9. The van der Waals surface area contributed by atoms with Crippen LogP contribution in [0.5, 0.6) is 17.5 Å². The second-order valence-electron chi connectivity index (χ2n) is 5.93. The molecule has 0 aliphatic rings. The van der Waals surface area contributed by atoms with E-state index in [2.05, 4.69) is 26.2 Å². The van der Waals surface area contributed by atoms with E-state index < -0.39 is 0 Å². The number of hydrogen-bond acceptors (Lipinski definition) is 7. The first-order valence-corrected chi connectivity index (χ1v) is 8.85. The van der Waals surface area contributed by atoms with Gasteiger partial charge < -0.3 is 20.1 Å². The van der Waals surface area contributed by atoms with E-state index in [1.165, 1.54) is 4.68 Å². The predicted octanol–water partition coefficient (Wildman–Crippen LogP) is 2.16. The Morgan fingerprint density at radius 3 is 2.67 bits per heavy atom. The van der Waals surface area contributed by atoms with Gasteiger partial charge in [0.25, 0.3) is 0 Å². The molecule has 3 aromatic rings. The van der Waals surface area contributed by atoms with E-state index in [9.17, 15) is 0 Å². The summed E-state index contributed by atoms with van der Waals surface area (Å²) < 4.78 is 12.9. The Labute approximate surface area is 158 Å². The van der Waals surface area contributed by atoms with Gasteiger partial charge in [0.15, 0.2) is 11.5 Å². The maximum Gasteiger partial charge on any atom is 0.346 e. The Morgan fingerprint density at radius 1 is 1.04 bits per heavy atom. The van der Waals surface area contributed by atoms with Gasteiger partial charge in [-0.15, -0.1) is 0 Å². The first kappa shape index (κ1) is 18.8. The summed E-state index contributed by atoms with van der Waals surface area (Å²) in [6.07, 6.45) is 1.08. The van der Waals surface area contributed by atoms with Gasteiger partial charge in [0.1, 0.15) is 0 Å². The number of para-hydroxylation sites is 1. The van der Waals surface area contributed by atoms with Gasteiger partial charge in [-0.3, -0.25) is 0 Å². The Balaban J connectivity index is 1.70. The predicted molar refractivity (Wildman–Crippen MR) is 102 cm³/mol. The number of benzene rings is 2. The molecule has 1 aromatic heterocycles. The quantitative estimate of drug-likeness (QED) is 0.530. The van der Waals surface area contributed by atoms with Crippen LogP contribution in [-0.2, 0) is 6.54 Å². The summed E-state index contributed by atoms with van der Waals surface area (Å²) in [5.74, 6) is 1.19. The molecule has 0 fully saturated rings. The van der Waals surface area contributed by atoms with Crippen LogP contribution in [0.15, 0.2) is 48.5 Å². The molecular formula is C19H24N6O2. The molecule has 0 saturated carbocycles. The monoisotopic (exact) mass is 368 g/mol. The van der Waals surface area contributed by atoms with Gasteiger partial charge in [0.2, 0.25) is 0 Å². The molecule has 142 valence electrons. The fourth-order valence-electron chi connectivity index (χ4n) is 2.60. The van der Waals surface area contributed by atoms with Crippen LogP contribution in [0.4, 0.5) is 0 Å². The van der Waals surface area contributed by atoms with Crippen LogP contribution in [0.2, 0.25) is 0 Å². The van der Waals surface area contributed by atoms with Crippen molar-refractivity contribution in [2.24, 2.45) is 0 Å². The number of nitrogens with zero attached hydrogens (tertiary/aromatic N) is 4. The van der Waals surface area contributed by atoms with Crippen molar-refractivity contribution in [3.63, 3.8) is 0 Å². The second-order valence-corrected chi connectivity index (χ2v) is 5.93. The zero-order valence-corrected chi connectivity index (χ0v) is 15.6. The van der Waals surface area contributed by atoms with E-state index in [-0.39, 0.29) is 6.01 Å². The third kappa shape index (κ3) is 5.02. The Bertz CT molecular complexity index is 837. The van der Waals surface area contributed by atoms with Crippen LogP contribution in [0, 0.1) is 0 Å². The highest BCUT2D eigenvalue weighted by Gasteiger charge is 2.14. The molecule has 0 spiro atoms. The molecule has 0 aliphatic carbocycles. The minimum absolute atomic E-state index is 0.275. The van der Waals surface area contributed by atoms with Gasteiger partial charge in [0, 0.05) is 6.54 Å². The lowest BCUT2D eigenvalue weighted by Gasteiger charge is -2.12. The van der Waals surface area contributed by atoms with Crippen molar-refractivity contribution < 1.29 is 9.47 Å². The molecule has 8 nitrogen and oxygen atoms in total. The van der Waals surface area contributed by atoms with Gasteiger partial charge in [-0.05, 0) is 66.8 Å². The number of nitrogens with one attached hydrogen (secondary N) is 2. The summed E-state index contributed by atoms with van der Waals surface area (Å²) in [4.78, 5) is 0. The zero-order valence-electron chi connectivity index (χ0n) is 15.6. The highest BCUT2D eigenvalue weighted by Crippen LogP contribution is 2.32. The third-order valence-electron chi connectivity index (χ3n) is 3.98. The van der Waals surface area contributed by atoms with E-state index in [4.69, 9.17) is 9.47 Å². The number of tetrazole rings is 1. The van der Waals surface area contributed by atoms with Gasteiger partial charge >= 0.3 is 6.01 Å². The molecule has 3 rings (SSSR count). The van der Waals surface area contributed by atoms with Crippen LogP contribution < -0.4 is 20.1 Å².